The lowest BCUT2D eigenvalue weighted by Crippen LogP contribution is -2.24. The number of nitrogens with zero attached hydrogens (tertiary/aromatic N) is 2. The highest BCUT2D eigenvalue weighted by atomic mass is 16.6. The molecular formula is C21H19N3O5. The monoisotopic (exact) mass is 393 g/mol. The molecule has 0 radical (unpaired) electrons. The number of hydrogen-bond acceptors (Lipinski definition) is 6. The van der Waals surface area contributed by atoms with E-state index in [2.05, 4.69) is 10.5 Å². The molecule has 0 aliphatic heterocycles. The predicted molar refractivity (Wildman–Crippen MR) is 108 cm³/mol. The molecule has 0 aliphatic carbocycles. The molecule has 0 saturated carbocycles. The van der Waals surface area contributed by atoms with Crippen LogP contribution in [0.15, 0.2) is 64.1 Å². The van der Waals surface area contributed by atoms with Crippen LogP contribution in [0.4, 0.5) is 5.69 Å². The van der Waals surface area contributed by atoms with E-state index in [1.165, 1.54) is 18.3 Å². The maximum Gasteiger partial charge on any atom is 0.277 e. The first-order valence-electron chi connectivity index (χ1n) is 8.79. The minimum atomic E-state index is -0.462. The topological polar surface area (TPSA) is 107 Å². The molecule has 1 amide bonds. The number of amides is 1. The average Bonchev–Trinajstić information content (AvgIpc) is 3.16. The normalized spacial score (nSPS) is 10.8. The molecule has 8 heteroatoms. The number of carbonyl (C=O) groups excluding carboxylic acids is 1. The van der Waals surface area contributed by atoms with E-state index < -0.39 is 10.8 Å². The second-order valence-electron chi connectivity index (χ2n) is 6.36. The Morgan fingerprint density at radius 3 is 2.62 bits per heavy atom. The van der Waals surface area contributed by atoms with Crippen LogP contribution in [-0.2, 0) is 4.79 Å². The van der Waals surface area contributed by atoms with Gasteiger partial charge in [0.05, 0.1) is 11.1 Å². The highest BCUT2D eigenvalue weighted by molar-refractivity contribution is 5.81. The lowest BCUT2D eigenvalue weighted by molar-refractivity contribution is -0.384. The number of ether oxygens (including phenoxy) is 1. The Bertz CT molecular complexity index is 1050. The molecule has 0 spiro atoms. The van der Waals surface area contributed by atoms with Gasteiger partial charge in [0.15, 0.2) is 6.61 Å². The standard InChI is InChI=1S/C21H19N3O5/c1-14-3-9-19(15(2)11-14)28-13-21(25)23-22-12-18-8-10-20(29-18)16-4-6-17(7-5-16)24(26)27/h3-12H,13H2,1-2H3,(H,23,25)/b22-12-. The molecule has 1 heterocycles. The number of benzene rings is 2. The van der Waals surface area contributed by atoms with Crippen molar-refractivity contribution in [3.63, 3.8) is 0 Å². The molecule has 0 bridgehead atoms. The first-order chi connectivity index (χ1) is 13.9. The Hall–Kier alpha value is -3.94. The second kappa shape index (κ2) is 8.83. The van der Waals surface area contributed by atoms with Gasteiger partial charge in [0.2, 0.25) is 0 Å². The van der Waals surface area contributed by atoms with Crippen LogP contribution in [-0.4, -0.2) is 23.7 Å². The molecule has 2 aromatic carbocycles. The molecule has 1 aromatic heterocycles. The van der Waals surface area contributed by atoms with E-state index in [1.54, 1.807) is 24.3 Å². The zero-order chi connectivity index (χ0) is 20.8. The molecule has 3 aromatic rings. The van der Waals surface area contributed by atoms with Gasteiger partial charge in [0.25, 0.3) is 11.6 Å². The van der Waals surface area contributed by atoms with Gasteiger partial charge in [-0.25, -0.2) is 5.43 Å². The van der Waals surface area contributed by atoms with Crippen LogP contribution in [0, 0.1) is 24.0 Å². The number of hydrogen-bond donors (Lipinski definition) is 1. The van der Waals surface area contributed by atoms with Gasteiger partial charge < -0.3 is 9.15 Å². The fraction of sp³-hybridized carbons (Fsp3) is 0.143. The molecule has 0 aliphatic rings. The van der Waals surface area contributed by atoms with Crippen molar-refractivity contribution in [2.45, 2.75) is 13.8 Å². The number of nitrogens with one attached hydrogen (secondary N) is 1. The first kappa shape index (κ1) is 19.8. The largest absolute Gasteiger partial charge is 0.483 e. The number of nitro groups is 1. The van der Waals surface area contributed by atoms with E-state index in [9.17, 15) is 14.9 Å². The fourth-order valence-corrected chi connectivity index (χ4v) is 2.63. The molecule has 148 valence electrons. The molecule has 1 N–H and O–H groups in total. The summed E-state index contributed by atoms with van der Waals surface area (Å²) in [6.45, 7) is 3.74. The third kappa shape index (κ3) is 5.29. The van der Waals surface area contributed by atoms with Crippen molar-refractivity contribution in [2.75, 3.05) is 6.61 Å². The minimum Gasteiger partial charge on any atom is -0.483 e. The quantitative estimate of drug-likeness (QED) is 0.371. The molecular weight excluding hydrogens is 374 g/mol. The summed E-state index contributed by atoms with van der Waals surface area (Å²) in [6.07, 6.45) is 1.36. The van der Waals surface area contributed by atoms with Crippen molar-refractivity contribution in [3.8, 4) is 17.1 Å². The number of hydrazone groups is 1. The highest BCUT2D eigenvalue weighted by Crippen LogP contribution is 2.24. The number of non-ortho nitro benzene ring substituents is 1. The molecule has 3 rings (SSSR count). The van der Waals surface area contributed by atoms with Gasteiger partial charge in [-0.3, -0.25) is 14.9 Å². The van der Waals surface area contributed by atoms with Gasteiger partial charge in [0, 0.05) is 17.7 Å². The van der Waals surface area contributed by atoms with Gasteiger partial charge in [0.1, 0.15) is 17.3 Å². The Morgan fingerprint density at radius 1 is 1.17 bits per heavy atom. The summed E-state index contributed by atoms with van der Waals surface area (Å²) < 4.78 is 11.1. The second-order valence-corrected chi connectivity index (χ2v) is 6.36. The zero-order valence-electron chi connectivity index (χ0n) is 15.9. The van der Waals surface area contributed by atoms with Gasteiger partial charge in [-0.1, -0.05) is 17.7 Å². The highest BCUT2D eigenvalue weighted by Gasteiger charge is 2.08. The lowest BCUT2D eigenvalue weighted by atomic mass is 10.1. The molecule has 29 heavy (non-hydrogen) atoms. The van der Waals surface area contributed by atoms with Crippen LogP contribution in [0.2, 0.25) is 0 Å². The van der Waals surface area contributed by atoms with Crippen LogP contribution < -0.4 is 10.2 Å². The lowest BCUT2D eigenvalue weighted by Gasteiger charge is -2.08. The van der Waals surface area contributed by atoms with Crippen molar-refractivity contribution >= 4 is 17.8 Å². The van der Waals surface area contributed by atoms with E-state index >= 15 is 0 Å². The molecule has 0 saturated heterocycles. The molecule has 0 fully saturated rings. The van der Waals surface area contributed by atoms with E-state index in [0.717, 1.165) is 11.1 Å². The van der Waals surface area contributed by atoms with Crippen LogP contribution in [0.1, 0.15) is 16.9 Å². The Kier molecular flexibility index (Phi) is 6.03. The van der Waals surface area contributed by atoms with E-state index in [4.69, 9.17) is 9.15 Å². The summed E-state index contributed by atoms with van der Waals surface area (Å²) in [7, 11) is 0. The van der Waals surface area contributed by atoms with Gasteiger partial charge in [-0.15, -0.1) is 0 Å². The maximum absolute atomic E-state index is 11.9. The number of nitro benzene ring substituents is 1. The van der Waals surface area contributed by atoms with E-state index in [1.807, 2.05) is 32.0 Å². The third-order valence-electron chi connectivity index (χ3n) is 4.06. The van der Waals surface area contributed by atoms with Crippen molar-refractivity contribution in [1.82, 2.24) is 5.43 Å². The van der Waals surface area contributed by atoms with Gasteiger partial charge in [-0.05, 0) is 49.7 Å². The molecule has 0 unspecified atom stereocenters. The summed E-state index contributed by atoms with van der Waals surface area (Å²) in [5, 5.41) is 14.6. The predicted octanol–water partition coefficient (Wildman–Crippen LogP) is 4.00. The number of aryl methyl sites for hydroxylation is 2. The summed E-state index contributed by atoms with van der Waals surface area (Å²) in [5.74, 6) is 1.21. The Balaban J connectivity index is 1.52. The Morgan fingerprint density at radius 2 is 1.93 bits per heavy atom. The SMILES string of the molecule is Cc1ccc(OCC(=O)N/N=C\c2ccc(-c3ccc([N+](=O)[O-])cc3)o2)c(C)c1. The van der Waals surface area contributed by atoms with E-state index in [-0.39, 0.29) is 12.3 Å². The first-order valence-corrected chi connectivity index (χ1v) is 8.79. The smallest absolute Gasteiger partial charge is 0.277 e. The number of rotatable bonds is 7. The number of furan rings is 1. The summed E-state index contributed by atoms with van der Waals surface area (Å²) in [4.78, 5) is 22.1. The average molecular weight is 393 g/mol. The zero-order valence-corrected chi connectivity index (χ0v) is 15.9. The third-order valence-corrected chi connectivity index (χ3v) is 4.06. The van der Waals surface area contributed by atoms with Crippen molar-refractivity contribution in [3.05, 3.63) is 81.6 Å². The van der Waals surface area contributed by atoms with Crippen LogP contribution in [0.25, 0.3) is 11.3 Å². The van der Waals surface area contributed by atoms with Crippen molar-refractivity contribution in [2.24, 2.45) is 5.10 Å². The summed E-state index contributed by atoms with van der Waals surface area (Å²) >= 11 is 0. The Labute approximate surface area is 167 Å². The van der Waals surface area contributed by atoms with Gasteiger partial charge >= 0.3 is 0 Å². The van der Waals surface area contributed by atoms with Crippen LogP contribution >= 0.6 is 0 Å². The van der Waals surface area contributed by atoms with Gasteiger partial charge in [-0.2, -0.15) is 5.10 Å². The molecule has 8 nitrogen and oxygen atoms in total. The molecule has 0 atom stereocenters. The van der Waals surface area contributed by atoms with E-state index in [0.29, 0.717) is 22.8 Å². The van der Waals surface area contributed by atoms with Crippen molar-refractivity contribution in [1.29, 1.82) is 0 Å². The minimum absolute atomic E-state index is 0.00727. The summed E-state index contributed by atoms with van der Waals surface area (Å²) in [5.41, 5.74) is 5.15. The fourth-order valence-electron chi connectivity index (χ4n) is 2.63. The summed E-state index contributed by atoms with van der Waals surface area (Å²) in [6, 6.07) is 15.1. The maximum atomic E-state index is 11.9. The van der Waals surface area contributed by atoms with Crippen molar-refractivity contribution < 1.29 is 18.9 Å². The van der Waals surface area contributed by atoms with Crippen LogP contribution in [0.5, 0.6) is 5.75 Å². The number of carbonyl (C=O) groups is 1. The van der Waals surface area contributed by atoms with Crippen LogP contribution in [0.3, 0.4) is 0 Å².